The zero-order valence-corrected chi connectivity index (χ0v) is 25.1. The maximum absolute atomic E-state index is 13.6. The smallest absolute Gasteiger partial charge is 0.312 e. The third-order valence-corrected chi connectivity index (χ3v) is 13.0. The number of hydrogen-bond acceptors (Lipinski definition) is 5. The Morgan fingerprint density at radius 1 is 0.921 bits per heavy atom. The number of carbonyl (C=O) groups excluding carboxylic acids is 3. The van der Waals surface area contributed by atoms with Gasteiger partial charge in [0.05, 0.1) is 12.5 Å². The third-order valence-electron chi connectivity index (χ3n) is 13.0. The minimum absolute atomic E-state index is 0.0390. The van der Waals surface area contributed by atoms with E-state index in [1.54, 1.807) is 0 Å². The van der Waals surface area contributed by atoms with Crippen molar-refractivity contribution in [3.63, 3.8) is 0 Å². The lowest BCUT2D eigenvalue weighted by Crippen LogP contribution is -2.63. The maximum Gasteiger partial charge on any atom is 0.312 e. The average Bonchev–Trinajstić information content (AvgIpc) is 2.82. The van der Waals surface area contributed by atoms with Crippen LogP contribution in [-0.2, 0) is 23.9 Å². The zero-order valence-electron chi connectivity index (χ0n) is 25.1. The molecule has 2 unspecified atom stereocenters. The molecule has 3 fully saturated rings. The number of fused-ring (bicyclic) bond motifs is 6. The number of Topliss-reactive ketones (excluding diaryl/α,β-unsaturated/α-hetero) is 1. The second-order valence-electron chi connectivity index (χ2n) is 15.2. The van der Waals surface area contributed by atoms with E-state index in [4.69, 9.17) is 9.47 Å². The predicted molar refractivity (Wildman–Crippen MR) is 147 cm³/mol. The molecule has 0 heterocycles. The zero-order chi connectivity index (χ0) is 28.1. The van der Waals surface area contributed by atoms with E-state index in [1.165, 1.54) is 25.2 Å². The minimum Gasteiger partial charge on any atom is -0.469 e. The molecular weight excluding hydrogens is 476 g/mol. The molecule has 0 bridgehead atoms. The van der Waals surface area contributed by atoms with Crippen molar-refractivity contribution in [2.24, 2.45) is 44.3 Å². The van der Waals surface area contributed by atoms with Gasteiger partial charge in [-0.25, -0.2) is 0 Å². The highest BCUT2D eigenvalue weighted by molar-refractivity contribution is 5.95. The van der Waals surface area contributed by atoms with Crippen molar-refractivity contribution in [1.29, 1.82) is 0 Å². The van der Waals surface area contributed by atoms with E-state index in [0.717, 1.165) is 38.5 Å². The second kappa shape index (κ2) is 8.30. The van der Waals surface area contributed by atoms with Crippen molar-refractivity contribution in [2.45, 2.75) is 113 Å². The van der Waals surface area contributed by atoms with Gasteiger partial charge in [-0.05, 0) is 92.4 Å². The van der Waals surface area contributed by atoms with Gasteiger partial charge in [0.15, 0.2) is 0 Å². The molecule has 0 N–H and O–H groups in total. The topological polar surface area (TPSA) is 69.7 Å². The van der Waals surface area contributed by atoms with Crippen LogP contribution >= 0.6 is 0 Å². The Kier molecular flexibility index (Phi) is 6.04. The number of allylic oxidation sites excluding steroid dienone is 4. The van der Waals surface area contributed by atoms with E-state index < -0.39 is 10.8 Å². The molecule has 0 amide bonds. The van der Waals surface area contributed by atoms with Crippen LogP contribution in [0.15, 0.2) is 23.3 Å². The first-order chi connectivity index (χ1) is 17.5. The SMILES string of the molecule is COC(=O)[C@@]1(C)CC(=O)[C@]2(C)CC[C@]3(C)C(=C2C1)C=CC1[C@@]2(C)CC[C@H](OC(C)=O)C(C)(C)C2CC[C@]13C. The standard InChI is InChI=1S/C33H48O5/c1-20(34)38-26-13-14-31(6)23(28(26,2)3)12-15-33(8)24(31)11-10-21-22-18-29(4,27(36)37-9)19-25(35)30(22,5)16-17-32(21,33)7/h10-11,23-24,26H,12-19H2,1-9H3/t23?,24?,26-,29+,30+,31-,32+,33+/m0/s1. The Morgan fingerprint density at radius 2 is 1.61 bits per heavy atom. The molecule has 0 aromatic heterocycles. The molecule has 3 saturated carbocycles. The Labute approximate surface area is 229 Å². The van der Waals surface area contributed by atoms with Crippen molar-refractivity contribution < 1.29 is 23.9 Å². The van der Waals surface area contributed by atoms with Gasteiger partial charge in [-0.2, -0.15) is 0 Å². The number of ether oxygens (including phenoxy) is 2. The van der Waals surface area contributed by atoms with E-state index in [0.29, 0.717) is 18.3 Å². The van der Waals surface area contributed by atoms with Gasteiger partial charge < -0.3 is 9.47 Å². The summed E-state index contributed by atoms with van der Waals surface area (Å²) in [6.07, 6.45) is 11.6. The molecule has 0 radical (unpaired) electrons. The fourth-order valence-electron chi connectivity index (χ4n) is 10.4. The largest absolute Gasteiger partial charge is 0.469 e. The summed E-state index contributed by atoms with van der Waals surface area (Å²) in [5, 5.41) is 0. The van der Waals surface area contributed by atoms with Crippen LogP contribution in [0.1, 0.15) is 107 Å². The first-order valence-electron chi connectivity index (χ1n) is 14.7. The Hall–Kier alpha value is -1.91. The lowest BCUT2D eigenvalue weighted by molar-refractivity contribution is -0.197. The quantitative estimate of drug-likeness (QED) is 0.364. The third kappa shape index (κ3) is 3.38. The Bertz CT molecular complexity index is 1150. The molecule has 5 aliphatic rings. The molecule has 210 valence electrons. The predicted octanol–water partition coefficient (Wildman–Crippen LogP) is 6.99. The van der Waals surface area contributed by atoms with Crippen LogP contribution in [0.2, 0.25) is 0 Å². The summed E-state index contributed by atoms with van der Waals surface area (Å²) >= 11 is 0. The second-order valence-corrected chi connectivity index (χ2v) is 15.2. The van der Waals surface area contributed by atoms with E-state index in [9.17, 15) is 14.4 Å². The van der Waals surface area contributed by atoms with E-state index >= 15 is 0 Å². The van der Waals surface area contributed by atoms with Crippen LogP contribution in [-0.4, -0.2) is 30.9 Å². The van der Waals surface area contributed by atoms with Crippen LogP contribution in [0.5, 0.6) is 0 Å². The molecule has 0 aromatic carbocycles. The molecule has 0 aliphatic heterocycles. The number of hydrogen-bond donors (Lipinski definition) is 0. The fraction of sp³-hybridized carbons (Fsp3) is 0.788. The lowest BCUT2D eigenvalue weighted by atomic mass is 9.35. The van der Waals surface area contributed by atoms with Gasteiger partial charge in [-0.3, -0.25) is 14.4 Å². The maximum atomic E-state index is 13.6. The summed E-state index contributed by atoms with van der Waals surface area (Å²) in [6, 6.07) is 0. The fourth-order valence-corrected chi connectivity index (χ4v) is 10.4. The summed E-state index contributed by atoms with van der Waals surface area (Å²) in [5.74, 6) is 0.581. The number of rotatable bonds is 2. The van der Waals surface area contributed by atoms with Gasteiger partial charge in [0.1, 0.15) is 11.9 Å². The van der Waals surface area contributed by atoms with E-state index in [-0.39, 0.29) is 51.9 Å². The highest BCUT2D eigenvalue weighted by Crippen LogP contribution is 2.74. The Morgan fingerprint density at radius 3 is 2.24 bits per heavy atom. The van der Waals surface area contributed by atoms with Crippen molar-refractivity contribution in [3.05, 3.63) is 23.3 Å². The van der Waals surface area contributed by atoms with Crippen LogP contribution in [0.25, 0.3) is 0 Å². The number of methoxy groups -OCH3 is 1. The number of ketones is 1. The van der Waals surface area contributed by atoms with Gasteiger partial charge in [-0.15, -0.1) is 0 Å². The molecule has 38 heavy (non-hydrogen) atoms. The van der Waals surface area contributed by atoms with Crippen LogP contribution in [0.3, 0.4) is 0 Å². The highest BCUT2D eigenvalue weighted by atomic mass is 16.5. The van der Waals surface area contributed by atoms with Gasteiger partial charge in [0.25, 0.3) is 0 Å². The van der Waals surface area contributed by atoms with Gasteiger partial charge >= 0.3 is 11.9 Å². The van der Waals surface area contributed by atoms with Crippen molar-refractivity contribution in [1.82, 2.24) is 0 Å². The number of esters is 2. The lowest BCUT2D eigenvalue weighted by Gasteiger charge is -2.69. The molecule has 0 aromatic rings. The molecule has 5 nitrogen and oxygen atoms in total. The molecule has 8 atom stereocenters. The summed E-state index contributed by atoms with van der Waals surface area (Å²) in [6.45, 7) is 17.6. The van der Waals surface area contributed by atoms with Crippen LogP contribution in [0, 0.1) is 44.3 Å². The van der Waals surface area contributed by atoms with E-state index in [1.807, 2.05) is 6.92 Å². The van der Waals surface area contributed by atoms with Gasteiger partial charge in [0.2, 0.25) is 0 Å². The monoisotopic (exact) mass is 524 g/mol. The molecule has 5 heteroatoms. The summed E-state index contributed by atoms with van der Waals surface area (Å²) in [5.41, 5.74) is 1.18. The van der Waals surface area contributed by atoms with E-state index in [2.05, 4.69) is 53.7 Å². The van der Waals surface area contributed by atoms with Gasteiger partial charge in [-0.1, -0.05) is 52.3 Å². The molecule has 0 spiro atoms. The molecule has 5 aliphatic carbocycles. The molecular formula is C33H48O5. The number of carbonyl (C=O) groups is 3. The summed E-state index contributed by atoms with van der Waals surface area (Å²) in [4.78, 5) is 38.4. The normalized spacial score (nSPS) is 47.3. The molecule has 0 saturated heterocycles. The van der Waals surface area contributed by atoms with Crippen molar-refractivity contribution in [2.75, 3.05) is 7.11 Å². The van der Waals surface area contributed by atoms with Crippen molar-refractivity contribution in [3.8, 4) is 0 Å². The first kappa shape index (κ1) is 27.6. The Balaban J connectivity index is 1.61. The van der Waals surface area contributed by atoms with Crippen LogP contribution < -0.4 is 0 Å². The summed E-state index contributed by atoms with van der Waals surface area (Å²) < 4.78 is 11.0. The molecule has 5 rings (SSSR count). The highest BCUT2D eigenvalue weighted by Gasteiger charge is 2.67. The van der Waals surface area contributed by atoms with Gasteiger partial charge in [0, 0.05) is 24.2 Å². The minimum atomic E-state index is -0.805. The van der Waals surface area contributed by atoms with Crippen LogP contribution in [0.4, 0.5) is 0 Å². The first-order valence-corrected chi connectivity index (χ1v) is 14.7. The average molecular weight is 525 g/mol. The summed E-state index contributed by atoms with van der Waals surface area (Å²) in [7, 11) is 1.43. The van der Waals surface area contributed by atoms with Crippen molar-refractivity contribution >= 4 is 17.7 Å².